The minimum Gasteiger partial charge on any atom is -0.484 e. The van der Waals surface area contributed by atoms with E-state index in [2.05, 4.69) is 25.9 Å². The van der Waals surface area contributed by atoms with Crippen molar-refractivity contribution in [2.75, 3.05) is 11.9 Å². The van der Waals surface area contributed by atoms with Gasteiger partial charge in [-0.1, -0.05) is 6.07 Å². The van der Waals surface area contributed by atoms with E-state index >= 15 is 0 Å². The minimum absolute atomic E-state index is 0.0238. The van der Waals surface area contributed by atoms with E-state index in [9.17, 15) is 4.79 Å². The highest BCUT2D eigenvalue weighted by Gasteiger charge is 2.07. The molecule has 29 heavy (non-hydrogen) atoms. The Bertz CT molecular complexity index is 1130. The van der Waals surface area contributed by atoms with E-state index in [1.165, 1.54) is 0 Å². The summed E-state index contributed by atoms with van der Waals surface area (Å²) in [5, 5.41) is 18.7. The number of carbonyl (C=O) groups excluding carboxylic acids is 1. The number of anilines is 2. The zero-order valence-electron chi connectivity index (χ0n) is 16.2. The van der Waals surface area contributed by atoms with Crippen molar-refractivity contribution in [3.63, 3.8) is 0 Å². The number of hydrogen-bond donors (Lipinski definition) is 3. The Hall–Kier alpha value is -3.81. The number of fused-ring (bicyclic) bond motifs is 1. The molecule has 0 fully saturated rings. The van der Waals surface area contributed by atoms with Gasteiger partial charge in [0.2, 0.25) is 0 Å². The number of H-pyrrole nitrogens is 1. The van der Waals surface area contributed by atoms with Crippen LogP contribution in [0.3, 0.4) is 0 Å². The number of rotatable bonds is 7. The van der Waals surface area contributed by atoms with Crippen LogP contribution in [-0.4, -0.2) is 38.5 Å². The maximum atomic E-state index is 11.8. The van der Waals surface area contributed by atoms with Crippen molar-refractivity contribution in [1.82, 2.24) is 25.3 Å². The topological polar surface area (TPSA) is 96.9 Å². The Kier molecular flexibility index (Phi) is 5.15. The average Bonchev–Trinajstić information content (AvgIpc) is 3.35. The number of amides is 1. The molecule has 0 unspecified atom stereocenters. The second kappa shape index (κ2) is 8.05. The molecule has 148 valence electrons. The van der Waals surface area contributed by atoms with Gasteiger partial charge in [0.1, 0.15) is 5.75 Å². The fraction of sp³-hybridized carbons (Fsp3) is 0.190. The first-order valence-electron chi connectivity index (χ1n) is 9.35. The minimum atomic E-state index is -0.148. The molecule has 0 atom stereocenters. The summed E-state index contributed by atoms with van der Waals surface area (Å²) in [5.41, 5.74) is 2.75. The van der Waals surface area contributed by atoms with Gasteiger partial charge in [0, 0.05) is 35.4 Å². The van der Waals surface area contributed by atoms with E-state index < -0.39 is 0 Å². The molecule has 2 aromatic carbocycles. The number of hydrogen-bond acceptors (Lipinski definition) is 5. The average molecular weight is 390 g/mol. The number of aromatic nitrogens is 4. The SMILES string of the molecule is CC(C)NC(=O)COc1cccc(-n2ccc(Nc3ccc4[nH]ncc4c3)n2)c1. The second-order valence-electron chi connectivity index (χ2n) is 6.95. The number of nitrogens with one attached hydrogen (secondary N) is 3. The Balaban J connectivity index is 1.44. The summed E-state index contributed by atoms with van der Waals surface area (Å²) in [5.74, 6) is 1.18. The summed E-state index contributed by atoms with van der Waals surface area (Å²) in [4.78, 5) is 11.8. The standard InChI is InChI=1S/C21H22N6O2/c1-14(2)23-21(28)13-29-18-5-3-4-17(11-18)27-9-8-20(26-27)24-16-6-7-19-15(10-16)12-22-25-19/h3-12,14H,13H2,1-2H3,(H,22,25)(H,23,28)(H,24,26). The van der Waals surface area contributed by atoms with E-state index in [1.807, 2.05) is 68.6 Å². The monoisotopic (exact) mass is 390 g/mol. The molecule has 0 spiro atoms. The molecule has 8 heteroatoms. The van der Waals surface area contributed by atoms with E-state index in [0.29, 0.717) is 5.75 Å². The van der Waals surface area contributed by atoms with Crippen LogP contribution < -0.4 is 15.4 Å². The van der Waals surface area contributed by atoms with E-state index in [1.54, 1.807) is 10.9 Å². The molecule has 3 N–H and O–H groups in total. The maximum absolute atomic E-state index is 11.8. The highest BCUT2D eigenvalue weighted by molar-refractivity contribution is 5.82. The lowest BCUT2D eigenvalue weighted by molar-refractivity contribution is -0.123. The Labute approximate surface area is 167 Å². The van der Waals surface area contributed by atoms with E-state index in [4.69, 9.17) is 4.74 Å². The maximum Gasteiger partial charge on any atom is 0.258 e. The molecule has 1 amide bonds. The predicted molar refractivity (Wildman–Crippen MR) is 112 cm³/mol. The summed E-state index contributed by atoms with van der Waals surface area (Å²) >= 11 is 0. The van der Waals surface area contributed by atoms with Crippen molar-refractivity contribution < 1.29 is 9.53 Å². The molecule has 0 aliphatic carbocycles. The molecule has 8 nitrogen and oxygen atoms in total. The summed E-state index contributed by atoms with van der Waals surface area (Å²) in [7, 11) is 0. The van der Waals surface area contributed by atoms with Gasteiger partial charge in [-0.15, -0.1) is 0 Å². The molecule has 2 heterocycles. The number of aromatic amines is 1. The van der Waals surface area contributed by atoms with Crippen LogP contribution in [0, 0.1) is 0 Å². The molecule has 2 aromatic heterocycles. The molecule has 0 bridgehead atoms. The highest BCUT2D eigenvalue weighted by Crippen LogP contribution is 2.22. The van der Waals surface area contributed by atoms with Crippen molar-refractivity contribution in [1.29, 1.82) is 0 Å². The number of benzene rings is 2. The summed E-state index contributed by atoms with van der Waals surface area (Å²) in [6.07, 6.45) is 3.65. The first-order chi connectivity index (χ1) is 14.1. The van der Waals surface area contributed by atoms with Crippen molar-refractivity contribution in [2.24, 2.45) is 0 Å². The van der Waals surface area contributed by atoms with Crippen molar-refractivity contribution in [3.05, 3.63) is 60.9 Å². The molecule has 4 aromatic rings. The Morgan fingerprint density at radius 1 is 1.21 bits per heavy atom. The third-order valence-electron chi connectivity index (χ3n) is 4.20. The van der Waals surface area contributed by atoms with Crippen LogP contribution >= 0.6 is 0 Å². The third kappa shape index (κ3) is 4.55. The largest absolute Gasteiger partial charge is 0.484 e. The smallest absolute Gasteiger partial charge is 0.258 e. The molecular formula is C21H22N6O2. The molecule has 0 aliphatic rings. The zero-order valence-corrected chi connectivity index (χ0v) is 16.2. The third-order valence-corrected chi connectivity index (χ3v) is 4.20. The van der Waals surface area contributed by atoms with Gasteiger partial charge < -0.3 is 15.4 Å². The lowest BCUT2D eigenvalue weighted by Crippen LogP contribution is -2.34. The van der Waals surface area contributed by atoms with Crippen LogP contribution in [0.2, 0.25) is 0 Å². The van der Waals surface area contributed by atoms with Crippen molar-refractivity contribution in [2.45, 2.75) is 19.9 Å². The van der Waals surface area contributed by atoms with Crippen LogP contribution in [0.4, 0.5) is 11.5 Å². The summed E-state index contributed by atoms with van der Waals surface area (Å²) < 4.78 is 7.34. The van der Waals surface area contributed by atoms with Gasteiger partial charge in [0.05, 0.1) is 17.4 Å². The molecule has 0 radical (unpaired) electrons. The zero-order chi connectivity index (χ0) is 20.2. The van der Waals surface area contributed by atoms with Gasteiger partial charge in [0.15, 0.2) is 12.4 Å². The van der Waals surface area contributed by atoms with Gasteiger partial charge in [-0.3, -0.25) is 9.89 Å². The van der Waals surface area contributed by atoms with E-state index in [-0.39, 0.29) is 18.6 Å². The number of ether oxygens (including phenoxy) is 1. The lowest BCUT2D eigenvalue weighted by atomic mass is 10.2. The van der Waals surface area contributed by atoms with Crippen LogP contribution in [0.25, 0.3) is 16.6 Å². The van der Waals surface area contributed by atoms with Gasteiger partial charge in [-0.05, 0) is 44.2 Å². The fourth-order valence-electron chi connectivity index (χ4n) is 2.93. The molecular weight excluding hydrogens is 368 g/mol. The lowest BCUT2D eigenvalue weighted by Gasteiger charge is -2.10. The van der Waals surface area contributed by atoms with Crippen molar-refractivity contribution >= 4 is 28.3 Å². The van der Waals surface area contributed by atoms with Crippen LogP contribution in [0.1, 0.15) is 13.8 Å². The second-order valence-corrected chi connectivity index (χ2v) is 6.95. The fourth-order valence-corrected chi connectivity index (χ4v) is 2.93. The molecule has 4 rings (SSSR count). The van der Waals surface area contributed by atoms with Gasteiger partial charge in [-0.25, -0.2) is 4.68 Å². The highest BCUT2D eigenvalue weighted by atomic mass is 16.5. The Morgan fingerprint density at radius 3 is 2.97 bits per heavy atom. The van der Waals surface area contributed by atoms with Crippen LogP contribution in [0.5, 0.6) is 5.75 Å². The van der Waals surface area contributed by atoms with Crippen molar-refractivity contribution in [3.8, 4) is 11.4 Å². The van der Waals surface area contributed by atoms with E-state index in [0.717, 1.165) is 28.1 Å². The predicted octanol–water partition coefficient (Wildman–Crippen LogP) is 3.40. The number of nitrogens with zero attached hydrogens (tertiary/aromatic N) is 3. The molecule has 0 saturated carbocycles. The molecule has 0 aliphatic heterocycles. The number of carbonyl (C=O) groups is 1. The first-order valence-corrected chi connectivity index (χ1v) is 9.35. The van der Waals surface area contributed by atoms with Gasteiger partial charge in [-0.2, -0.15) is 10.2 Å². The first kappa shape index (κ1) is 18.5. The van der Waals surface area contributed by atoms with Gasteiger partial charge in [0.25, 0.3) is 5.91 Å². The van der Waals surface area contributed by atoms with Crippen LogP contribution in [0.15, 0.2) is 60.9 Å². The van der Waals surface area contributed by atoms with Crippen LogP contribution in [-0.2, 0) is 4.79 Å². The Morgan fingerprint density at radius 2 is 2.10 bits per heavy atom. The quantitative estimate of drug-likeness (QED) is 0.449. The van der Waals surface area contributed by atoms with Gasteiger partial charge >= 0.3 is 0 Å². The normalized spacial score (nSPS) is 11.0. The molecule has 0 saturated heterocycles. The summed E-state index contributed by atoms with van der Waals surface area (Å²) in [6.45, 7) is 3.80. The summed E-state index contributed by atoms with van der Waals surface area (Å²) in [6, 6.07) is 15.4.